The summed E-state index contributed by atoms with van der Waals surface area (Å²) in [6, 6.07) is 12.3. The number of rotatable bonds is 10. The molecular weight excluding hydrogens is 540 g/mol. The number of imide groups is 1. The van der Waals surface area contributed by atoms with Crippen LogP contribution in [0.4, 0.5) is 10.5 Å². The van der Waals surface area contributed by atoms with E-state index in [9.17, 15) is 19.2 Å². The van der Waals surface area contributed by atoms with E-state index in [0.29, 0.717) is 33.8 Å². The Bertz CT molecular complexity index is 1150. The molecule has 3 rings (SSSR count). The molecule has 1 N–H and O–H groups in total. The van der Waals surface area contributed by atoms with E-state index in [2.05, 4.69) is 21.2 Å². The van der Waals surface area contributed by atoms with Crippen LogP contribution < -0.4 is 14.8 Å². The molecule has 0 aromatic heterocycles. The van der Waals surface area contributed by atoms with Gasteiger partial charge >= 0.3 is 5.97 Å². The molecule has 184 valence electrons. The number of nitrogens with one attached hydrogen (secondary N) is 1. The first-order valence-electron chi connectivity index (χ1n) is 10.7. The number of thioether (sulfide) groups is 1. The van der Waals surface area contributed by atoms with Gasteiger partial charge in [-0.2, -0.15) is 0 Å². The van der Waals surface area contributed by atoms with E-state index >= 15 is 0 Å². The SMILES string of the molecule is CCOC(=O)CN1C(=O)S/C(=C/c2cc(OCC)c(OCC(=O)Nc3ccccc3)cc2Br)C1=O. The Morgan fingerprint density at radius 1 is 1.06 bits per heavy atom. The fourth-order valence-corrected chi connectivity index (χ4v) is 4.28. The largest absolute Gasteiger partial charge is 0.490 e. The summed E-state index contributed by atoms with van der Waals surface area (Å²) in [5.74, 6) is -0.895. The number of hydrogen-bond acceptors (Lipinski definition) is 8. The molecule has 35 heavy (non-hydrogen) atoms. The molecule has 0 aliphatic carbocycles. The van der Waals surface area contributed by atoms with Crippen molar-refractivity contribution in [2.75, 3.05) is 31.7 Å². The predicted octanol–water partition coefficient (Wildman–Crippen LogP) is 4.46. The minimum atomic E-state index is -0.659. The number of hydrogen-bond donors (Lipinski definition) is 1. The molecule has 0 unspecified atom stereocenters. The molecule has 0 spiro atoms. The van der Waals surface area contributed by atoms with Crippen molar-refractivity contribution in [2.45, 2.75) is 13.8 Å². The second-order valence-electron chi connectivity index (χ2n) is 7.03. The third-order valence-corrected chi connectivity index (χ3v) is 6.13. The molecule has 1 saturated heterocycles. The van der Waals surface area contributed by atoms with E-state index in [1.54, 1.807) is 38.1 Å². The molecular formula is C24H23BrN2O7S. The zero-order chi connectivity index (χ0) is 25.4. The molecule has 0 bridgehead atoms. The highest BCUT2D eigenvalue weighted by molar-refractivity contribution is 9.10. The summed E-state index contributed by atoms with van der Waals surface area (Å²) in [4.78, 5) is 49.9. The quantitative estimate of drug-likeness (QED) is 0.333. The fraction of sp³-hybridized carbons (Fsp3) is 0.250. The molecule has 1 aliphatic rings. The second kappa shape index (κ2) is 12.4. The molecule has 1 aliphatic heterocycles. The van der Waals surface area contributed by atoms with E-state index < -0.39 is 23.7 Å². The summed E-state index contributed by atoms with van der Waals surface area (Å²) in [6.45, 7) is 3.24. The van der Waals surface area contributed by atoms with Gasteiger partial charge in [-0.1, -0.05) is 34.1 Å². The second-order valence-corrected chi connectivity index (χ2v) is 8.88. The maximum atomic E-state index is 12.7. The molecule has 9 nitrogen and oxygen atoms in total. The highest BCUT2D eigenvalue weighted by Gasteiger charge is 2.36. The van der Waals surface area contributed by atoms with Gasteiger partial charge in [-0.25, -0.2) is 0 Å². The van der Waals surface area contributed by atoms with Gasteiger partial charge in [-0.05, 0) is 61.5 Å². The number of carbonyl (C=O) groups excluding carboxylic acids is 4. The molecule has 1 heterocycles. The van der Waals surface area contributed by atoms with Gasteiger partial charge in [-0.15, -0.1) is 0 Å². The third-order valence-electron chi connectivity index (χ3n) is 4.53. The normalized spacial score (nSPS) is 14.3. The van der Waals surface area contributed by atoms with Crippen LogP contribution in [0.5, 0.6) is 11.5 Å². The number of carbonyl (C=O) groups is 4. The number of benzene rings is 2. The lowest BCUT2D eigenvalue weighted by atomic mass is 10.1. The van der Waals surface area contributed by atoms with Crippen molar-refractivity contribution < 1.29 is 33.4 Å². The number of nitrogens with zero attached hydrogens (tertiary/aromatic N) is 1. The Morgan fingerprint density at radius 2 is 1.77 bits per heavy atom. The minimum Gasteiger partial charge on any atom is -0.490 e. The monoisotopic (exact) mass is 562 g/mol. The van der Waals surface area contributed by atoms with Gasteiger partial charge in [-0.3, -0.25) is 24.1 Å². The molecule has 3 amide bonds. The van der Waals surface area contributed by atoms with E-state index in [4.69, 9.17) is 14.2 Å². The van der Waals surface area contributed by atoms with Crippen molar-refractivity contribution in [3.8, 4) is 11.5 Å². The van der Waals surface area contributed by atoms with Crippen LogP contribution in [0.15, 0.2) is 51.8 Å². The Morgan fingerprint density at radius 3 is 2.46 bits per heavy atom. The van der Waals surface area contributed by atoms with Gasteiger partial charge in [0.2, 0.25) is 0 Å². The summed E-state index contributed by atoms with van der Waals surface area (Å²) < 4.78 is 16.7. The van der Waals surface area contributed by atoms with Crippen LogP contribution in [-0.2, 0) is 19.1 Å². The Hall–Kier alpha value is -3.31. The highest BCUT2D eigenvalue weighted by atomic mass is 79.9. The topological polar surface area (TPSA) is 111 Å². The van der Waals surface area contributed by atoms with Crippen LogP contribution in [0.25, 0.3) is 6.08 Å². The first kappa shape index (κ1) is 26.3. The predicted molar refractivity (Wildman–Crippen MR) is 135 cm³/mol. The van der Waals surface area contributed by atoms with Crippen molar-refractivity contribution in [1.29, 1.82) is 0 Å². The van der Waals surface area contributed by atoms with E-state index in [-0.39, 0.29) is 24.0 Å². The standard InChI is InChI=1S/C24H23BrN2O7S/c1-3-32-18-10-15(11-20-23(30)27(24(31)35-20)13-22(29)33-4-2)17(25)12-19(18)34-14-21(28)26-16-8-6-5-7-9-16/h5-12H,3-4,13-14H2,1-2H3,(H,26,28)/b20-11+. The average Bonchev–Trinajstić information content (AvgIpc) is 3.08. The number of amides is 3. The van der Waals surface area contributed by atoms with Crippen LogP contribution >= 0.6 is 27.7 Å². The minimum absolute atomic E-state index is 0.151. The Kier molecular flexibility index (Phi) is 9.32. The summed E-state index contributed by atoms with van der Waals surface area (Å²) >= 11 is 4.17. The first-order chi connectivity index (χ1) is 16.8. The number of para-hydroxylation sites is 1. The zero-order valence-corrected chi connectivity index (χ0v) is 21.4. The van der Waals surface area contributed by atoms with Gasteiger partial charge in [0.15, 0.2) is 18.1 Å². The van der Waals surface area contributed by atoms with Gasteiger partial charge in [0.25, 0.3) is 17.1 Å². The van der Waals surface area contributed by atoms with Gasteiger partial charge < -0.3 is 19.5 Å². The number of esters is 1. The van der Waals surface area contributed by atoms with Crippen molar-refractivity contribution in [3.63, 3.8) is 0 Å². The molecule has 11 heteroatoms. The number of halogens is 1. The Balaban J connectivity index is 1.75. The third kappa shape index (κ3) is 7.09. The first-order valence-corrected chi connectivity index (χ1v) is 12.3. The summed E-state index contributed by atoms with van der Waals surface area (Å²) in [6.07, 6.45) is 1.52. The summed E-state index contributed by atoms with van der Waals surface area (Å²) in [5, 5.41) is 2.18. The van der Waals surface area contributed by atoms with Crippen molar-refractivity contribution >= 4 is 62.5 Å². The van der Waals surface area contributed by atoms with Crippen LogP contribution in [0.1, 0.15) is 19.4 Å². The molecule has 0 atom stereocenters. The summed E-state index contributed by atoms with van der Waals surface area (Å²) in [7, 11) is 0. The van der Waals surface area contributed by atoms with Gasteiger partial charge in [0.05, 0.1) is 18.1 Å². The van der Waals surface area contributed by atoms with Crippen LogP contribution in [-0.4, -0.2) is 54.3 Å². The summed E-state index contributed by atoms with van der Waals surface area (Å²) in [5.41, 5.74) is 1.20. The Labute approximate surface area is 214 Å². The molecule has 0 saturated carbocycles. The van der Waals surface area contributed by atoms with Crippen LogP contribution in [0.2, 0.25) is 0 Å². The van der Waals surface area contributed by atoms with Crippen molar-refractivity contribution in [1.82, 2.24) is 4.90 Å². The molecule has 2 aromatic carbocycles. The van der Waals surface area contributed by atoms with Gasteiger partial charge in [0, 0.05) is 10.2 Å². The molecule has 2 aromatic rings. The lowest BCUT2D eigenvalue weighted by molar-refractivity contribution is -0.146. The van der Waals surface area contributed by atoms with Gasteiger partial charge in [0.1, 0.15) is 6.54 Å². The van der Waals surface area contributed by atoms with Crippen LogP contribution in [0.3, 0.4) is 0 Å². The lowest BCUT2D eigenvalue weighted by Crippen LogP contribution is -2.34. The lowest BCUT2D eigenvalue weighted by Gasteiger charge is -2.14. The van der Waals surface area contributed by atoms with Crippen LogP contribution in [0, 0.1) is 0 Å². The zero-order valence-electron chi connectivity index (χ0n) is 19.0. The number of ether oxygens (including phenoxy) is 3. The maximum absolute atomic E-state index is 12.7. The van der Waals surface area contributed by atoms with Crippen molar-refractivity contribution in [3.05, 3.63) is 57.4 Å². The van der Waals surface area contributed by atoms with E-state index in [0.717, 1.165) is 16.7 Å². The molecule has 0 radical (unpaired) electrons. The maximum Gasteiger partial charge on any atom is 0.326 e. The fourth-order valence-electron chi connectivity index (χ4n) is 3.02. The number of anilines is 1. The average molecular weight is 563 g/mol. The highest BCUT2D eigenvalue weighted by Crippen LogP contribution is 2.38. The smallest absolute Gasteiger partial charge is 0.326 e. The molecule has 1 fully saturated rings. The van der Waals surface area contributed by atoms with E-state index in [1.165, 1.54) is 6.08 Å². The van der Waals surface area contributed by atoms with Crippen molar-refractivity contribution in [2.24, 2.45) is 0 Å². The van der Waals surface area contributed by atoms with E-state index in [1.807, 2.05) is 18.2 Å².